The van der Waals surface area contributed by atoms with E-state index in [0.29, 0.717) is 22.0 Å². The molecule has 1 N–H and O–H groups in total. The third-order valence-electron chi connectivity index (χ3n) is 4.14. The number of thiophene rings is 1. The number of aliphatic hydroxyl groups excluding tert-OH is 1. The van der Waals surface area contributed by atoms with Crippen LogP contribution in [0.25, 0.3) is 10.6 Å². The van der Waals surface area contributed by atoms with E-state index in [1.807, 2.05) is 0 Å². The zero-order valence-corrected chi connectivity index (χ0v) is 15.0. The summed E-state index contributed by atoms with van der Waals surface area (Å²) in [7, 11) is 2.97. The van der Waals surface area contributed by atoms with E-state index in [1.165, 1.54) is 33.7 Å². The van der Waals surface area contributed by atoms with Crippen LogP contribution < -0.4 is 0 Å². The summed E-state index contributed by atoms with van der Waals surface area (Å²) in [5.74, 6) is -0.129. The summed E-state index contributed by atoms with van der Waals surface area (Å²) in [5, 5.41) is 13.5. The summed E-state index contributed by atoms with van der Waals surface area (Å²) in [5.41, 5.74) is -2.85. The maximum atomic E-state index is 13.5. The number of hydrogen-bond acceptors (Lipinski definition) is 4. The molecule has 2 atom stereocenters. The Morgan fingerprint density at radius 2 is 2.29 bits per heavy atom. The lowest BCUT2D eigenvalue weighted by atomic mass is 10.2. The zero-order valence-electron chi connectivity index (χ0n) is 13.1. The lowest BCUT2D eigenvalue weighted by Crippen LogP contribution is -2.37. The summed E-state index contributed by atoms with van der Waals surface area (Å²) in [6, 6.07) is 4.59. The fraction of sp³-hybridized carbons (Fsp3) is 0.467. The average Bonchev–Trinajstić information content (AvgIpc) is 3.23. The van der Waals surface area contributed by atoms with Crippen molar-refractivity contribution < 1.29 is 18.7 Å². The van der Waals surface area contributed by atoms with Crippen LogP contribution in [-0.2, 0) is 12.7 Å². The van der Waals surface area contributed by atoms with E-state index in [0.717, 1.165) is 17.5 Å². The molecule has 1 saturated heterocycles. The molecule has 2 aromatic rings. The van der Waals surface area contributed by atoms with Gasteiger partial charge in [-0.2, -0.15) is 13.9 Å². The summed E-state index contributed by atoms with van der Waals surface area (Å²) < 4.78 is 28.1. The van der Waals surface area contributed by atoms with Crippen LogP contribution in [0.5, 0.6) is 0 Å². The van der Waals surface area contributed by atoms with Gasteiger partial charge in [-0.15, -0.1) is 11.3 Å². The Kier molecular flexibility index (Phi) is 4.73. The van der Waals surface area contributed by atoms with E-state index in [9.17, 15) is 18.7 Å². The summed E-state index contributed by atoms with van der Waals surface area (Å²) in [6.07, 6.45) is 1.68. The van der Waals surface area contributed by atoms with Crippen LogP contribution in [0.15, 0.2) is 18.2 Å². The van der Waals surface area contributed by atoms with Gasteiger partial charge in [-0.05, 0) is 31.0 Å². The van der Waals surface area contributed by atoms with Crippen LogP contribution in [0.1, 0.15) is 28.2 Å². The zero-order chi connectivity index (χ0) is 17.5. The van der Waals surface area contributed by atoms with Crippen molar-refractivity contribution in [1.82, 2.24) is 14.7 Å². The number of aromatic nitrogens is 2. The monoisotopic (exact) mass is 373 g/mol. The van der Waals surface area contributed by atoms with Crippen molar-refractivity contribution in [2.75, 3.05) is 13.2 Å². The molecule has 0 aliphatic carbocycles. The SMILES string of the molecule is Cn1nc(-c2ccc(C(=O)N3CCCC3CO)s2)cc1C(F)(F)P. The van der Waals surface area contributed by atoms with Crippen molar-refractivity contribution in [3.05, 3.63) is 28.8 Å². The molecule has 0 aromatic carbocycles. The van der Waals surface area contributed by atoms with Gasteiger partial charge in [-0.3, -0.25) is 9.48 Å². The van der Waals surface area contributed by atoms with Crippen LogP contribution in [0, 0.1) is 0 Å². The van der Waals surface area contributed by atoms with Gasteiger partial charge < -0.3 is 10.0 Å². The molecule has 1 aliphatic heterocycles. The van der Waals surface area contributed by atoms with Crippen LogP contribution in [-0.4, -0.2) is 44.9 Å². The maximum absolute atomic E-state index is 13.5. The van der Waals surface area contributed by atoms with E-state index in [-0.39, 0.29) is 24.2 Å². The van der Waals surface area contributed by atoms with Gasteiger partial charge in [0.2, 0.25) is 0 Å². The molecule has 0 saturated carbocycles. The van der Waals surface area contributed by atoms with E-state index < -0.39 is 5.66 Å². The van der Waals surface area contributed by atoms with Crippen LogP contribution in [0.4, 0.5) is 8.78 Å². The van der Waals surface area contributed by atoms with Crippen molar-refractivity contribution in [3.8, 4) is 10.6 Å². The molecular weight excluding hydrogens is 355 g/mol. The largest absolute Gasteiger partial charge is 0.394 e. The van der Waals surface area contributed by atoms with Crippen LogP contribution in [0.3, 0.4) is 0 Å². The predicted molar refractivity (Wildman–Crippen MR) is 91.3 cm³/mol. The molecule has 9 heteroatoms. The molecule has 0 spiro atoms. The first-order chi connectivity index (χ1) is 11.3. The highest BCUT2D eigenvalue weighted by Gasteiger charge is 2.31. The van der Waals surface area contributed by atoms with Crippen molar-refractivity contribution in [3.63, 3.8) is 0 Å². The first kappa shape index (κ1) is 17.5. The highest BCUT2D eigenvalue weighted by molar-refractivity contribution is 7.18. The molecule has 3 heterocycles. The van der Waals surface area contributed by atoms with Gasteiger partial charge in [-0.25, -0.2) is 0 Å². The number of nitrogens with zero attached hydrogens (tertiary/aromatic N) is 3. The molecule has 2 unspecified atom stereocenters. The minimum absolute atomic E-state index is 0.0448. The standard InChI is InChI=1S/C15H18F2N3O2PS/c1-19-13(15(16,17)23)7-10(18-19)11-4-5-12(24-11)14(22)20-6-2-3-9(20)8-21/h4-5,7,9,21H,2-3,6,8,23H2,1H3. The number of aryl methyl sites for hydroxylation is 1. The van der Waals surface area contributed by atoms with Gasteiger partial charge in [0, 0.05) is 13.6 Å². The number of likely N-dealkylation sites (tertiary alicyclic amines) is 1. The topological polar surface area (TPSA) is 58.4 Å². The molecule has 130 valence electrons. The normalized spacial score (nSPS) is 18.4. The maximum Gasteiger partial charge on any atom is 0.299 e. The minimum atomic E-state index is -3.06. The van der Waals surface area contributed by atoms with Gasteiger partial charge >= 0.3 is 0 Å². The van der Waals surface area contributed by atoms with E-state index in [2.05, 4.69) is 5.10 Å². The number of aliphatic hydroxyl groups is 1. The first-order valence-electron chi connectivity index (χ1n) is 7.54. The molecule has 1 fully saturated rings. The third kappa shape index (κ3) is 3.23. The summed E-state index contributed by atoms with van der Waals surface area (Å²) >= 11 is 1.23. The molecule has 0 radical (unpaired) electrons. The Hall–Kier alpha value is -1.37. The predicted octanol–water partition coefficient (Wildman–Crippen LogP) is 2.67. The molecule has 24 heavy (non-hydrogen) atoms. The van der Waals surface area contributed by atoms with Crippen molar-refractivity contribution >= 4 is 26.5 Å². The quantitative estimate of drug-likeness (QED) is 0.839. The third-order valence-corrected chi connectivity index (χ3v) is 5.53. The number of carbonyl (C=O) groups excluding carboxylic acids is 1. The van der Waals surface area contributed by atoms with E-state index in [4.69, 9.17) is 0 Å². The smallest absolute Gasteiger partial charge is 0.299 e. The first-order valence-corrected chi connectivity index (χ1v) is 8.94. The molecule has 3 rings (SSSR count). The lowest BCUT2D eigenvalue weighted by molar-refractivity contribution is 0.0682. The summed E-state index contributed by atoms with van der Waals surface area (Å²) in [4.78, 5) is 15.4. The van der Waals surface area contributed by atoms with Crippen molar-refractivity contribution in [1.29, 1.82) is 0 Å². The Labute approximate surface area is 144 Å². The van der Waals surface area contributed by atoms with Gasteiger partial charge in [0.15, 0.2) is 0 Å². The van der Waals surface area contributed by atoms with Gasteiger partial charge in [0.05, 0.1) is 22.4 Å². The number of alkyl halides is 2. The molecule has 1 aliphatic rings. The Bertz CT molecular complexity index is 756. The highest BCUT2D eigenvalue weighted by atomic mass is 32.1. The highest BCUT2D eigenvalue weighted by Crippen LogP contribution is 2.37. The molecule has 2 aromatic heterocycles. The number of carbonyl (C=O) groups is 1. The second-order valence-electron chi connectivity index (χ2n) is 5.80. The van der Waals surface area contributed by atoms with Crippen molar-refractivity contribution in [2.24, 2.45) is 7.05 Å². The molecule has 1 amide bonds. The van der Waals surface area contributed by atoms with Gasteiger partial charge in [-0.1, -0.05) is 9.24 Å². The molecular formula is C15H18F2N3O2PS. The fourth-order valence-corrected chi connectivity index (χ4v) is 4.11. The van der Waals surface area contributed by atoms with Gasteiger partial charge in [0.1, 0.15) is 11.4 Å². The van der Waals surface area contributed by atoms with Crippen LogP contribution in [0.2, 0.25) is 0 Å². The van der Waals surface area contributed by atoms with Crippen molar-refractivity contribution in [2.45, 2.75) is 24.5 Å². The van der Waals surface area contributed by atoms with E-state index >= 15 is 0 Å². The Morgan fingerprint density at radius 1 is 1.54 bits per heavy atom. The Morgan fingerprint density at radius 3 is 2.92 bits per heavy atom. The molecule has 0 bridgehead atoms. The molecule has 5 nitrogen and oxygen atoms in total. The average molecular weight is 373 g/mol. The lowest BCUT2D eigenvalue weighted by Gasteiger charge is -2.22. The second kappa shape index (κ2) is 6.50. The second-order valence-corrected chi connectivity index (χ2v) is 7.61. The summed E-state index contributed by atoms with van der Waals surface area (Å²) in [6.45, 7) is 0.584. The number of rotatable bonds is 4. The minimum Gasteiger partial charge on any atom is -0.394 e. The number of hydrogen-bond donors (Lipinski definition) is 1. The van der Waals surface area contributed by atoms with Crippen LogP contribution >= 0.6 is 20.6 Å². The van der Waals surface area contributed by atoms with E-state index in [1.54, 1.807) is 17.0 Å². The Balaban J connectivity index is 1.85. The number of amides is 1. The van der Waals surface area contributed by atoms with Gasteiger partial charge in [0.25, 0.3) is 11.6 Å². The fourth-order valence-electron chi connectivity index (χ4n) is 2.92. The number of halogens is 2.